The molecular weight excluding hydrogens is 256 g/mol. The number of carbonyl (C=O) groups is 1. The Morgan fingerprint density at radius 2 is 1.75 bits per heavy atom. The van der Waals surface area contributed by atoms with E-state index in [1.165, 1.54) is 7.11 Å². The van der Waals surface area contributed by atoms with Gasteiger partial charge in [0, 0.05) is 0 Å². The molecule has 0 fully saturated rings. The zero-order valence-corrected chi connectivity index (χ0v) is 11.6. The van der Waals surface area contributed by atoms with E-state index in [2.05, 4.69) is 6.07 Å². The van der Waals surface area contributed by atoms with E-state index < -0.39 is 0 Å². The topological polar surface area (TPSA) is 44.8 Å². The van der Waals surface area contributed by atoms with Crippen LogP contribution in [0.4, 0.5) is 0 Å². The highest BCUT2D eigenvalue weighted by Crippen LogP contribution is 2.32. The zero-order chi connectivity index (χ0) is 14.5. The van der Waals surface area contributed by atoms with Gasteiger partial charge in [-0.25, -0.2) is 4.79 Å². The first-order chi connectivity index (χ1) is 9.69. The van der Waals surface area contributed by atoms with Gasteiger partial charge in [0.2, 0.25) is 0 Å². The first-order valence-electron chi connectivity index (χ1n) is 6.02. The van der Waals surface area contributed by atoms with Gasteiger partial charge < -0.3 is 14.2 Å². The van der Waals surface area contributed by atoms with E-state index >= 15 is 0 Å². The Labute approximate surface area is 117 Å². The number of carbonyl (C=O) groups excluding carboxylic acids is 1. The van der Waals surface area contributed by atoms with Crippen LogP contribution in [0.1, 0.15) is 10.4 Å². The molecule has 2 aromatic carbocycles. The predicted octanol–water partition coefficient (Wildman–Crippen LogP) is 2.96. The zero-order valence-electron chi connectivity index (χ0n) is 11.6. The third-order valence-corrected chi connectivity index (χ3v) is 2.92. The van der Waals surface area contributed by atoms with Gasteiger partial charge in [-0.15, -0.1) is 0 Å². The van der Waals surface area contributed by atoms with Crippen LogP contribution in [0, 0.1) is 6.07 Å². The van der Waals surface area contributed by atoms with Crippen LogP contribution >= 0.6 is 0 Å². The standard InChI is InChI=1S/C16H15O4/c1-18-14-8-7-12(10-15(14)19-2)11-5-4-6-13(9-11)16(17)20-3/h4,6-10H,1-3H3. The fourth-order valence-electron chi connectivity index (χ4n) is 1.88. The Balaban J connectivity index is 2.43. The number of esters is 1. The minimum Gasteiger partial charge on any atom is -0.493 e. The molecule has 0 aliphatic rings. The van der Waals surface area contributed by atoms with Crippen LogP contribution in [0.2, 0.25) is 0 Å². The maximum Gasteiger partial charge on any atom is 0.337 e. The Hall–Kier alpha value is -2.49. The van der Waals surface area contributed by atoms with Crippen molar-refractivity contribution in [1.82, 2.24) is 0 Å². The molecule has 0 unspecified atom stereocenters. The minimum atomic E-state index is -0.374. The molecule has 0 bridgehead atoms. The van der Waals surface area contributed by atoms with Crippen molar-refractivity contribution in [1.29, 1.82) is 0 Å². The predicted molar refractivity (Wildman–Crippen MR) is 75.2 cm³/mol. The lowest BCUT2D eigenvalue weighted by Gasteiger charge is -2.10. The smallest absolute Gasteiger partial charge is 0.337 e. The Morgan fingerprint density at radius 3 is 2.40 bits per heavy atom. The molecular formula is C16H15O4. The van der Waals surface area contributed by atoms with Gasteiger partial charge in [0.1, 0.15) is 0 Å². The summed E-state index contributed by atoms with van der Waals surface area (Å²) in [6.07, 6.45) is 0. The number of ether oxygens (including phenoxy) is 3. The average Bonchev–Trinajstić information content (AvgIpc) is 2.53. The molecule has 0 aromatic heterocycles. The fraction of sp³-hybridized carbons (Fsp3) is 0.188. The molecule has 0 aliphatic heterocycles. The highest BCUT2D eigenvalue weighted by Gasteiger charge is 2.09. The summed E-state index contributed by atoms with van der Waals surface area (Å²) in [7, 11) is 4.52. The van der Waals surface area contributed by atoms with Gasteiger partial charge in [0.25, 0.3) is 0 Å². The number of benzene rings is 2. The molecule has 1 radical (unpaired) electrons. The van der Waals surface area contributed by atoms with Gasteiger partial charge >= 0.3 is 5.97 Å². The summed E-state index contributed by atoms with van der Waals surface area (Å²) in [4.78, 5) is 11.5. The van der Waals surface area contributed by atoms with Crippen LogP contribution in [0.3, 0.4) is 0 Å². The molecule has 0 aliphatic carbocycles. The molecule has 0 amide bonds. The van der Waals surface area contributed by atoms with E-state index in [9.17, 15) is 4.79 Å². The van der Waals surface area contributed by atoms with Gasteiger partial charge in [0.05, 0.1) is 26.9 Å². The van der Waals surface area contributed by atoms with Crippen LogP contribution in [-0.2, 0) is 4.74 Å². The third-order valence-electron chi connectivity index (χ3n) is 2.92. The van der Waals surface area contributed by atoms with Gasteiger partial charge in [-0.3, -0.25) is 0 Å². The molecule has 20 heavy (non-hydrogen) atoms. The first kappa shape index (κ1) is 13.9. The molecule has 2 aromatic rings. The van der Waals surface area contributed by atoms with E-state index in [1.807, 2.05) is 18.2 Å². The van der Waals surface area contributed by atoms with Gasteiger partial charge in [0.15, 0.2) is 11.5 Å². The van der Waals surface area contributed by atoms with E-state index in [0.717, 1.165) is 11.1 Å². The number of hydrogen-bond acceptors (Lipinski definition) is 4. The largest absolute Gasteiger partial charge is 0.493 e. The summed E-state index contributed by atoms with van der Waals surface area (Å²) >= 11 is 0. The van der Waals surface area contributed by atoms with Crippen molar-refractivity contribution in [2.24, 2.45) is 0 Å². The lowest BCUT2D eigenvalue weighted by Crippen LogP contribution is -2.00. The van der Waals surface area contributed by atoms with Gasteiger partial charge in [-0.1, -0.05) is 12.1 Å². The third kappa shape index (κ3) is 2.74. The molecule has 103 valence electrons. The van der Waals surface area contributed by atoms with Crippen LogP contribution in [-0.4, -0.2) is 27.3 Å². The highest BCUT2D eigenvalue weighted by atomic mass is 16.5. The van der Waals surface area contributed by atoms with E-state index in [-0.39, 0.29) is 5.97 Å². The van der Waals surface area contributed by atoms with Crippen LogP contribution < -0.4 is 9.47 Å². The second-order valence-corrected chi connectivity index (χ2v) is 4.05. The average molecular weight is 271 g/mol. The molecule has 0 saturated heterocycles. The number of rotatable bonds is 4. The Kier molecular flexibility index (Phi) is 4.25. The quantitative estimate of drug-likeness (QED) is 0.802. The van der Waals surface area contributed by atoms with Gasteiger partial charge in [-0.05, 0) is 41.5 Å². The van der Waals surface area contributed by atoms with Crippen molar-refractivity contribution in [2.45, 2.75) is 0 Å². The highest BCUT2D eigenvalue weighted by molar-refractivity contribution is 5.90. The van der Waals surface area contributed by atoms with E-state index in [4.69, 9.17) is 14.2 Å². The van der Waals surface area contributed by atoms with Crippen LogP contribution in [0.5, 0.6) is 11.5 Å². The van der Waals surface area contributed by atoms with Crippen molar-refractivity contribution >= 4 is 5.97 Å². The first-order valence-corrected chi connectivity index (χ1v) is 6.02. The maximum absolute atomic E-state index is 11.5. The monoisotopic (exact) mass is 271 g/mol. The number of hydrogen-bond donors (Lipinski definition) is 0. The molecule has 4 heteroatoms. The van der Waals surface area contributed by atoms with Crippen molar-refractivity contribution in [2.75, 3.05) is 21.3 Å². The van der Waals surface area contributed by atoms with Crippen molar-refractivity contribution in [3.8, 4) is 22.6 Å². The second-order valence-electron chi connectivity index (χ2n) is 4.05. The molecule has 0 heterocycles. The molecule has 0 spiro atoms. The minimum absolute atomic E-state index is 0.374. The summed E-state index contributed by atoms with van der Waals surface area (Å²) in [5.74, 6) is 0.906. The van der Waals surface area contributed by atoms with Crippen LogP contribution in [0.25, 0.3) is 11.1 Å². The van der Waals surface area contributed by atoms with E-state index in [0.29, 0.717) is 17.1 Å². The summed E-state index contributed by atoms with van der Waals surface area (Å²) in [5.41, 5.74) is 2.15. The summed E-state index contributed by atoms with van der Waals surface area (Å²) in [6.45, 7) is 0. The molecule has 2 rings (SSSR count). The fourth-order valence-corrected chi connectivity index (χ4v) is 1.88. The van der Waals surface area contributed by atoms with Crippen molar-refractivity contribution in [3.05, 3.63) is 48.0 Å². The van der Waals surface area contributed by atoms with Crippen molar-refractivity contribution in [3.63, 3.8) is 0 Å². The Bertz CT molecular complexity index is 620. The SMILES string of the molecule is COC(=O)c1cc[c]c(-c2ccc(OC)c(OC)c2)c1. The van der Waals surface area contributed by atoms with E-state index in [1.54, 1.807) is 32.4 Å². The maximum atomic E-state index is 11.5. The lowest BCUT2D eigenvalue weighted by atomic mass is 10.0. The summed E-state index contributed by atoms with van der Waals surface area (Å²) in [5, 5.41) is 0. The molecule has 0 N–H and O–H groups in total. The summed E-state index contributed by atoms with van der Waals surface area (Å²) in [6, 6.07) is 13.7. The normalized spacial score (nSPS) is 9.95. The van der Waals surface area contributed by atoms with Crippen molar-refractivity contribution < 1.29 is 19.0 Å². The lowest BCUT2D eigenvalue weighted by molar-refractivity contribution is 0.0601. The molecule has 4 nitrogen and oxygen atoms in total. The molecule has 0 atom stereocenters. The Morgan fingerprint density at radius 1 is 1.00 bits per heavy atom. The molecule has 0 saturated carbocycles. The van der Waals surface area contributed by atoms with Crippen LogP contribution in [0.15, 0.2) is 36.4 Å². The summed E-state index contributed by atoms with van der Waals surface area (Å²) < 4.78 is 15.2. The second kappa shape index (κ2) is 6.10. The van der Waals surface area contributed by atoms with Gasteiger partial charge in [-0.2, -0.15) is 0 Å². The number of methoxy groups -OCH3 is 3.